The van der Waals surface area contributed by atoms with Gasteiger partial charge in [0.1, 0.15) is 24.4 Å². The van der Waals surface area contributed by atoms with Crippen molar-refractivity contribution in [3.63, 3.8) is 0 Å². The average molecular weight is 712 g/mol. The molecule has 0 aromatic rings. The molecule has 296 valence electrons. The molecule has 1 heterocycles. The Morgan fingerprint density at radius 3 is 1.40 bits per heavy atom. The fourth-order valence-corrected chi connectivity index (χ4v) is 7.12. The standard InChI is InChI=1S/C41H81N3O6/c1-4-6-8-10-12-14-16-17-18-19-20-22-24-26-28-30-32-44(36(46)31-29-27-25-23-21-15-13-11-9-7-5-2)41-37(43-40(49)34(3)42)39(48)38(47)35(33-45)50-41/h34-35,37-39,41,45,47-48H,4-33,42H2,1-3H3,(H,43,49)/t34-,35+,37+,38+,39+,41+/m0/s1. The predicted molar refractivity (Wildman–Crippen MR) is 206 cm³/mol. The van der Waals surface area contributed by atoms with Gasteiger partial charge in [-0.2, -0.15) is 0 Å². The molecule has 50 heavy (non-hydrogen) atoms. The second-order valence-electron chi connectivity index (χ2n) is 15.2. The van der Waals surface area contributed by atoms with E-state index in [0.29, 0.717) is 13.0 Å². The topological polar surface area (TPSA) is 145 Å². The van der Waals surface area contributed by atoms with Gasteiger partial charge in [0.25, 0.3) is 0 Å². The molecule has 0 spiro atoms. The minimum absolute atomic E-state index is 0.0905. The highest BCUT2D eigenvalue weighted by Crippen LogP contribution is 2.26. The molecule has 0 aromatic heterocycles. The van der Waals surface area contributed by atoms with Gasteiger partial charge in [0, 0.05) is 13.0 Å². The molecule has 6 N–H and O–H groups in total. The fourth-order valence-electron chi connectivity index (χ4n) is 7.12. The first-order valence-corrected chi connectivity index (χ1v) is 21.3. The summed E-state index contributed by atoms with van der Waals surface area (Å²) in [4.78, 5) is 28.0. The maximum absolute atomic E-state index is 13.7. The molecular weight excluding hydrogens is 630 g/mol. The monoisotopic (exact) mass is 712 g/mol. The van der Waals surface area contributed by atoms with E-state index < -0.39 is 49.1 Å². The zero-order valence-corrected chi connectivity index (χ0v) is 32.8. The molecule has 6 atom stereocenters. The summed E-state index contributed by atoms with van der Waals surface area (Å²) >= 11 is 0. The van der Waals surface area contributed by atoms with Gasteiger partial charge in [-0.1, -0.05) is 174 Å². The summed E-state index contributed by atoms with van der Waals surface area (Å²) < 4.78 is 6.07. The second-order valence-corrected chi connectivity index (χ2v) is 15.2. The first-order valence-electron chi connectivity index (χ1n) is 21.3. The lowest BCUT2D eigenvalue weighted by atomic mass is 9.94. The number of unbranched alkanes of at least 4 members (excludes halogenated alkanes) is 25. The summed E-state index contributed by atoms with van der Waals surface area (Å²) in [5, 5.41) is 34.3. The van der Waals surface area contributed by atoms with Gasteiger partial charge in [0.2, 0.25) is 11.8 Å². The van der Waals surface area contributed by atoms with Gasteiger partial charge in [-0.25, -0.2) is 0 Å². The number of hydrogen-bond donors (Lipinski definition) is 5. The summed E-state index contributed by atoms with van der Waals surface area (Å²) in [6.45, 7) is 5.96. The Hall–Kier alpha value is -1.26. The number of ether oxygens (including phenoxy) is 1. The predicted octanol–water partition coefficient (Wildman–Crippen LogP) is 8.05. The molecule has 1 saturated heterocycles. The Labute approximate surface area is 307 Å². The number of aliphatic hydroxyl groups excluding tert-OH is 3. The van der Waals surface area contributed by atoms with E-state index in [-0.39, 0.29) is 5.91 Å². The van der Waals surface area contributed by atoms with Crippen LogP contribution in [0.5, 0.6) is 0 Å². The summed E-state index contributed by atoms with van der Waals surface area (Å²) in [6, 6.07) is -1.90. The molecular formula is C41H81N3O6. The normalized spacial score (nSPS) is 21.3. The lowest BCUT2D eigenvalue weighted by molar-refractivity contribution is -0.231. The van der Waals surface area contributed by atoms with E-state index in [0.717, 1.165) is 38.5 Å². The Kier molecular flexibility index (Phi) is 29.3. The minimum atomic E-state index is -1.42. The third-order valence-corrected chi connectivity index (χ3v) is 10.5. The van der Waals surface area contributed by atoms with Gasteiger partial charge in [0.15, 0.2) is 6.23 Å². The number of carbonyl (C=O) groups excluding carboxylic acids is 2. The molecule has 1 fully saturated rings. The maximum atomic E-state index is 13.7. The van der Waals surface area contributed by atoms with Crippen molar-refractivity contribution in [2.75, 3.05) is 13.2 Å². The number of hydrogen-bond acceptors (Lipinski definition) is 7. The van der Waals surface area contributed by atoms with Crippen LogP contribution in [0.15, 0.2) is 0 Å². The number of rotatable bonds is 33. The van der Waals surface area contributed by atoms with Gasteiger partial charge in [-0.3, -0.25) is 9.59 Å². The van der Waals surface area contributed by atoms with Crippen molar-refractivity contribution in [1.82, 2.24) is 10.2 Å². The second kappa shape index (κ2) is 31.3. The molecule has 0 radical (unpaired) electrons. The number of carbonyl (C=O) groups is 2. The largest absolute Gasteiger partial charge is 0.394 e. The SMILES string of the molecule is CCCCCCCCCCCCCCCCCCN(C(=O)CCCCCCCCCCCCC)[C@@H]1O[C@H](CO)[C@@H](O)[C@H](O)[C@H]1NC(=O)[C@H](C)N. The lowest BCUT2D eigenvalue weighted by Gasteiger charge is -2.47. The molecule has 2 amide bonds. The maximum Gasteiger partial charge on any atom is 0.237 e. The van der Waals surface area contributed by atoms with Gasteiger partial charge < -0.3 is 36.0 Å². The summed E-state index contributed by atoms with van der Waals surface area (Å²) in [5.41, 5.74) is 5.80. The molecule has 1 aliphatic rings. The average Bonchev–Trinajstić information content (AvgIpc) is 3.10. The molecule has 9 heteroatoms. The van der Waals surface area contributed by atoms with Crippen LogP contribution in [0.1, 0.15) is 201 Å². The van der Waals surface area contributed by atoms with Gasteiger partial charge in [-0.05, 0) is 19.8 Å². The first-order chi connectivity index (χ1) is 24.3. The van der Waals surface area contributed by atoms with Crippen LogP contribution in [0.3, 0.4) is 0 Å². The minimum Gasteiger partial charge on any atom is -0.394 e. The Morgan fingerprint density at radius 2 is 1.02 bits per heavy atom. The van der Waals surface area contributed by atoms with E-state index >= 15 is 0 Å². The fraction of sp³-hybridized carbons (Fsp3) is 0.951. The van der Waals surface area contributed by atoms with E-state index in [1.807, 2.05) is 0 Å². The van der Waals surface area contributed by atoms with Gasteiger partial charge in [-0.15, -0.1) is 0 Å². The molecule has 0 unspecified atom stereocenters. The van der Waals surface area contributed by atoms with Crippen molar-refractivity contribution < 1.29 is 29.6 Å². The highest BCUT2D eigenvalue weighted by atomic mass is 16.5. The molecule has 0 aromatic carbocycles. The number of nitrogens with one attached hydrogen (secondary N) is 1. The summed E-state index contributed by atoms with van der Waals surface area (Å²) in [7, 11) is 0. The van der Waals surface area contributed by atoms with Crippen LogP contribution in [0.4, 0.5) is 0 Å². The van der Waals surface area contributed by atoms with Crippen LogP contribution >= 0.6 is 0 Å². The molecule has 1 rings (SSSR count). The van der Waals surface area contributed by atoms with Crippen molar-refractivity contribution in [3.05, 3.63) is 0 Å². The third-order valence-electron chi connectivity index (χ3n) is 10.5. The number of nitrogens with zero attached hydrogens (tertiary/aromatic N) is 1. The zero-order valence-electron chi connectivity index (χ0n) is 32.8. The molecule has 1 aliphatic heterocycles. The van der Waals surface area contributed by atoms with E-state index in [4.69, 9.17) is 10.5 Å². The highest BCUT2D eigenvalue weighted by molar-refractivity contribution is 5.81. The highest BCUT2D eigenvalue weighted by Gasteiger charge is 2.48. The lowest BCUT2D eigenvalue weighted by Crippen LogP contribution is -2.69. The Bertz CT molecular complexity index is 815. The Morgan fingerprint density at radius 1 is 0.640 bits per heavy atom. The quantitative estimate of drug-likeness (QED) is 0.0433. The number of amides is 2. The van der Waals surface area contributed by atoms with E-state index in [2.05, 4.69) is 19.2 Å². The molecule has 9 nitrogen and oxygen atoms in total. The molecule has 0 bridgehead atoms. The van der Waals surface area contributed by atoms with Gasteiger partial charge >= 0.3 is 0 Å². The van der Waals surface area contributed by atoms with Crippen molar-refractivity contribution in [1.29, 1.82) is 0 Å². The number of aliphatic hydroxyl groups is 3. The Balaban J connectivity index is 2.59. The summed E-state index contributed by atoms with van der Waals surface area (Å²) in [6.07, 6.45) is 28.7. The van der Waals surface area contributed by atoms with E-state index in [9.17, 15) is 24.9 Å². The van der Waals surface area contributed by atoms with Gasteiger partial charge in [0.05, 0.1) is 12.6 Å². The van der Waals surface area contributed by atoms with Crippen molar-refractivity contribution in [3.8, 4) is 0 Å². The van der Waals surface area contributed by atoms with Crippen molar-refractivity contribution in [2.24, 2.45) is 5.73 Å². The number of nitrogens with two attached hydrogens (primary N) is 1. The molecule has 0 aliphatic carbocycles. The third kappa shape index (κ3) is 21.3. The molecule has 0 saturated carbocycles. The summed E-state index contributed by atoms with van der Waals surface area (Å²) in [5.74, 6) is -0.593. The first kappa shape index (κ1) is 46.8. The van der Waals surface area contributed by atoms with Crippen LogP contribution in [0.25, 0.3) is 0 Å². The van der Waals surface area contributed by atoms with E-state index in [1.54, 1.807) is 11.8 Å². The zero-order chi connectivity index (χ0) is 36.8. The van der Waals surface area contributed by atoms with Crippen LogP contribution in [-0.4, -0.2) is 81.8 Å². The van der Waals surface area contributed by atoms with Crippen LogP contribution in [0.2, 0.25) is 0 Å². The van der Waals surface area contributed by atoms with Crippen LogP contribution < -0.4 is 11.1 Å². The van der Waals surface area contributed by atoms with Crippen LogP contribution in [0, 0.1) is 0 Å². The van der Waals surface area contributed by atoms with E-state index in [1.165, 1.54) is 135 Å². The smallest absolute Gasteiger partial charge is 0.237 e. The van der Waals surface area contributed by atoms with Crippen LogP contribution in [-0.2, 0) is 14.3 Å². The van der Waals surface area contributed by atoms with Crippen molar-refractivity contribution >= 4 is 11.8 Å². The van der Waals surface area contributed by atoms with Crippen molar-refractivity contribution in [2.45, 2.75) is 237 Å².